The molecule has 0 aliphatic heterocycles. The Kier molecular flexibility index (Phi) is 5.60. The quantitative estimate of drug-likeness (QED) is 0.666. The predicted molar refractivity (Wildman–Crippen MR) is 94.5 cm³/mol. The Morgan fingerprint density at radius 2 is 2.15 bits per heavy atom. The second-order valence-corrected chi connectivity index (χ2v) is 5.90. The number of rotatable bonds is 8. The molecule has 1 aromatic carbocycles. The van der Waals surface area contributed by atoms with E-state index in [2.05, 4.69) is 14.9 Å². The summed E-state index contributed by atoms with van der Waals surface area (Å²) in [7, 11) is 1.98. The van der Waals surface area contributed by atoms with E-state index in [-0.39, 0.29) is 6.61 Å². The minimum atomic E-state index is -1.01. The summed E-state index contributed by atoms with van der Waals surface area (Å²) in [6, 6.07) is 7.48. The number of aromatic nitrogens is 2. The average molecular weight is 353 g/mol. The van der Waals surface area contributed by atoms with Crippen LogP contribution in [-0.2, 0) is 17.9 Å². The van der Waals surface area contributed by atoms with E-state index >= 15 is 0 Å². The molecule has 2 aromatic heterocycles. The summed E-state index contributed by atoms with van der Waals surface area (Å²) < 4.78 is 10.5. The number of ether oxygens (including phenoxy) is 1. The Morgan fingerprint density at radius 1 is 1.27 bits per heavy atom. The molecule has 0 saturated carbocycles. The number of carboxylic acids is 1. The second kappa shape index (κ2) is 8.26. The highest BCUT2D eigenvalue weighted by Crippen LogP contribution is 2.27. The third-order valence-electron chi connectivity index (χ3n) is 3.74. The lowest BCUT2D eigenvalue weighted by molar-refractivity contribution is -0.139. The zero-order chi connectivity index (χ0) is 18.4. The molecule has 0 aliphatic carbocycles. The van der Waals surface area contributed by atoms with Crippen LogP contribution in [0.2, 0.25) is 0 Å². The van der Waals surface area contributed by atoms with E-state index in [0.717, 1.165) is 22.4 Å². The van der Waals surface area contributed by atoms with Crippen molar-refractivity contribution in [1.82, 2.24) is 14.9 Å². The van der Waals surface area contributed by atoms with E-state index in [1.54, 1.807) is 37.2 Å². The summed E-state index contributed by atoms with van der Waals surface area (Å²) >= 11 is 0. The van der Waals surface area contributed by atoms with Crippen LogP contribution in [0, 0.1) is 0 Å². The van der Waals surface area contributed by atoms with Crippen molar-refractivity contribution in [1.29, 1.82) is 0 Å². The lowest BCUT2D eigenvalue weighted by Crippen LogP contribution is -2.18. The van der Waals surface area contributed by atoms with Gasteiger partial charge in [0, 0.05) is 42.2 Å². The summed E-state index contributed by atoms with van der Waals surface area (Å²) in [5.41, 5.74) is 3.58. The van der Waals surface area contributed by atoms with Gasteiger partial charge >= 0.3 is 5.97 Å². The van der Waals surface area contributed by atoms with Crippen molar-refractivity contribution >= 4 is 5.97 Å². The lowest BCUT2D eigenvalue weighted by Gasteiger charge is -2.19. The molecule has 7 heteroatoms. The van der Waals surface area contributed by atoms with Gasteiger partial charge in [0.1, 0.15) is 5.75 Å². The van der Waals surface area contributed by atoms with Crippen molar-refractivity contribution < 1.29 is 19.1 Å². The van der Waals surface area contributed by atoms with Gasteiger partial charge < -0.3 is 14.3 Å². The molecule has 1 N–H and O–H groups in total. The fourth-order valence-electron chi connectivity index (χ4n) is 2.63. The zero-order valence-corrected chi connectivity index (χ0v) is 14.3. The van der Waals surface area contributed by atoms with E-state index in [4.69, 9.17) is 14.3 Å². The summed E-state index contributed by atoms with van der Waals surface area (Å²) in [4.78, 5) is 21.3. The molecule has 0 fully saturated rings. The number of carbonyl (C=O) groups is 1. The van der Waals surface area contributed by atoms with Gasteiger partial charge in [0.05, 0.1) is 24.4 Å². The van der Waals surface area contributed by atoms with Gasteiger partial charge in [-0.2, -0.15) is 0 Å². The van der Waals surface area contributed by atoms with Gasteiger partial charge in [-0.3, -0.25) is 14.9 Å². The Balaban J connectivity index is 1.83. The number of furan rings is 1. The Hall–Kier alpha value is -3.19. The second-order valence-electron chi connectivity index (χ2n) is 5.90. The number of nitrogens with zero attached hydrogens (tertiary/aromatic N) is 3. The van der Waals surface area contributed by atoms with Gasteiger partial charge in [0.25, 0.3) is 0 Å². The lowest BCUT2D eigenvalue weighted by atomic mass is 10.1. The maximum Gasteiger partial charge on any atom is 0.341 e. The summed E-state index contributed by atoms with van der Waals surface area (Å²) in [5, 5.41) is 8.89. The Labute approximate surface area is 150 Å². The monoisotopic (exact) mass is 353 g/mol. The van der Waals surface area contributed by atoms with Gasteiger partial charge in [-0.05, 0) is 31.3 Å². The van der Waals surface area contributed by atoms with Crippen molar-refractivity contribution in [3.05, 3.63) is 66.5 Å². The molecule has 134 valence electrons. The first kappa shape index (κ1) is 17.6. The summed E-state index contributed by atoms with van der Waals surface area (Å²) in [6.07, 6.45) is 8.28. The number of carboxylic acid groups (broad SMARTS) is 1. The fourth-order valence-corrected chi connectivity index (χ4v) is 2.63. The largest absolute Gasteiger partial charge is 0.482 e. The normalized spacial score (nSPS) is 10.8. The molecule has 3 rings (SSSR count). The van der Waals surface area contributed by atoms with Crippen molar-refractivity contribution in [2.75, 3.05) is 13.7 Å². The molecule has 0 bridgehead atoms. The third-order valence-corrected chi connectivity index (χ3v) is 3.74. The van der Waals surface area contributed by atoms with Crippen molar-refractivity contribution in [2.45, 2.75) is 13.1 Å². The standard InChI is InChI=1S/C19H19N3O4/c1-22(10-14-4-7-25-12-14)11-16-8-15(17-9-20-5-6-21-17)2-3-18(16)26-13-19(23)24/h2-9,12H,10-11,13H2,1H3,(H,23,24). The van der Waals surface area contributed by atoms with Crippen molar-refractivity contribution in [2.24, 2.45) is 0 Å². The van der Waals surface area contributed by atoms with Crippen molar-refractivity contribution in [3.63, 3.8) is 0 Å². The Morgan fingerprint density at radius 3 is 2.85 bits per heavy atom. The van der Waals surface area contributed by atoms with E-state index in [9.17, 15) is 4.79 Å². The Bertz CT molecular complexity index is 850. The first-order valence-corrected chi connectivity index (χ1v) is 8.05. The molecule has 0 atom stereocenters. The van der Waals surface area contributed by atoms with Crippen LogP contribution in [0.3, 0.4) is 0 Å². The van der Waals surface area contributed by atoms with Crippen LogP contribution >= 0.6 is 0 Å². The van der Waals surface area contributed by atoms with Gasteiger partial charge in [-0.15, -0.1) is 0 Å². The molecule has 0 saturated heterocycles. The molecule has 3 aromatic rings. The zero-order valence-electron chi connectivity index (χ0n) is 14.3. The SMILES string of the molecule is CN(Cc1ccoc1)Cc1cc(-c2cnccn2)ccc1OCC(=O)O. The van der Waals surface area contributed by atoms with Gasteiger partial charge in [-0.25, -0.2) is 4.79 Å². The maximum atomic E-state index is 10.8. The molecule has 0 aliphatic rings. The third kappa shape index (κ3) is 4.67. The molecule has 0 radical (unpaired) electrons. The molecule has 2 heterocycles. The first-order chi connectivity index (χ1) is 12.6. The van der Waals surface area contributed by atoms with Gasteiger partial charge in [0.15, 0.2) is 6.61 Å². The number of hydrogen-bond donors (Lipinski definition) is 1. The van der Waals surface area contributed by atoms with E-state index < -0.39 is 5.97 Å². The van der Waals surface area contributed by atoms with Crippen LogP contribution in [-0.4, -0.2) is 39.6 Å². The average Bonchev–Trinajstić information content (AvgIpc) is 3.14. The summed E-state index contributed by atoms with van der Waals surface area (Å²) in [6.45, 7) is 0.890. The maximum absolute atomic E-state index is 10.8. The fraction of sp³-hybridized carbons (Fsp3) is 0.211. The molecule has 0 unspecified atom stereocenters. The summed E-state index contributed by atoms with van der Waals surface area (Å²) in [5.74, 6) is -0.472. The van der Waals surface area contributed by atoms with Gasteiger partial charge in [-0.1, -0.05) is 0 Å². The first-order valence-electron chi connectivity index (χ1n) is 8.05. The van der Waals surface area contributed by atoms with Crippen LogP contribution in [0.4, 0.5) is 0 Å². The molecule has 0 spiro atoms. The van der Waals surface area contributed by atoms with Crippen LogP contribution in [0.5, 0.6) is 5.75 Å². The molecular weight excluding hydrogens is 334 g/mol. The van der Waals surface area contributed by atoms with E-state index in [0.29, 0.717) is 18.8 Å². The van der Waals surface area contributed by atoms with Crippen LogP contribution in [0.15, 0.2) is 59.8 Å². The number of aliphatic carboxylic acids is 1. The van der Waals surface area contributed by atoms with E-state index in [1.807, 2.05) is 25.2 Å². The van der Waals surface area contributed by atoms with Crippen LogP contribution in [0.1, 0.15) is 11.1 Å². The van der Waals surface area contributed by atoms with Crippen LogP contribution in [0.25, 0.3) is 11.3 Å². The smallest absolute Gasteiger partial charge is 0.341 e. The molecule has 0 amide bonds. The highest BCUT2D eigenvalue weighted by molar-refractivity contribution is 5.69. The van der Waals surface area contributed by atoms with Crippen molar-refractivity contribution in [3.8, 4) is 17.0 Å². The topological polar surface area (TPSA) is 88.7 Å². The highest BCUT2D eigenvalue weighted by atomic mass is 16.5. The minimum Gasteiger partial charge on any atom is -0.482 e. The van der Waals surface area contributed by atoms with Gasteiger partial charge in [0.2, 0.25) is 0 Å². The number of hydrogen-bond acceptors (Lipinski definition) is 6. The molecule has 7 nitrogen and oxygen atoms in total. The minimum absolute atomic E-state index is 0.386. The number of benzene rings is 1. The predicted octanol–water partition coefficient (Wildman–Crippen LogP) is 2.83. The van der Waals surface area contributed by atoms with E-state index in [1.165, 1.54) is 0 Å². The molecular formula is C19H19N3O4. The molecule has 26 heavy (non-hydrogen) atoms. The van der Waals surface area contributed by atoms with Crippen LogP contribution < -0.4 is 4.74 Å². The highest BCUT2D eigenvalue weighted by Gasteiger charge is 2.12.